The van der Waals surface area contributed by atoms with Crippen LogP contribution >= 0.6 is 0 Å². The topological polar surface area (TPSA) is 84.2 Å². The van der Waals surface area contributed by atoms with E-state index in [0.717, 1.165) is 16.3 Å². The van der Waals surface area contributed by atoms with Crippen LogP contribution in [-0.4, -0.2) is 11.8 Å². The van der Waals surface area contributed by atoms with E-state index in [0.29, 0.717) is 5.56 Å². The van der Waals surface area contributed by atoms with Crippen LogP contribution in [0.4, 0.5) is 0 Å². The summed E-state index contributed by atoms with van der Waals surface area (Å²) in [6.45, 7) is 0. The van der Waals surface area contributed by atoms with Crippen LogP contribution in [0.3, 0.4) is 0 Å². The fourth-order valence-electron chi connectivity index (χ4n) is 2.48. The van der Waals surface area contributed by atoms with Crippen LogP contribution in [-0.2, 0) is 4.79 Å². The van der Waals surface area contributed by atoms with Crippen molar-refractivity contribution in [2.75, 3.05) is 0 Å². The molecule has 0 aliphatic rings. The van der Waals surface area contributed by atoms with E-state index in [9.17, 15) is 9.59 Å². The van der Waals surface area contributed by atoms with Gasteiger partial charge in [-0.05, 0) is 40.6 Å². The lowest BCUT2D eigenvalue weighted by molar-refractivity contribution is -0.117. The molecular weight excluding hydrogens is 314 g/mol. The van der Waals surface area contributed by atoms with Gasteiger partial charge in [-0.1, -0.05) is 54.6 Å². The number of benzene rings is 3. The van der Waals surface area contributed by atoms with E-state index >= 15 is 0 Å². The molecule has 25 heavy (non-hydrogen) atoms. The number of hydrazine groups is 1. The molecule has 5 heteroatoms. The maximum absolute atomic E-state index is 12.3. The van der Waals surface area contributed by atoms with Crippen molar-refractivity contribution in [3.05, 3.63) is 89.6 Å². The molecule has 3 aromatic rings. The van der Waals surface area contributed by atoms with Crippen molar-refractivity contribution in [1.82, 2.24) is 10.7 Å². The van der Waals surface area contributed by atoms with Crippen molar-refractivity contribution in [2.45, 2.75) is 0 Å². The van der Waals surface area contributed by atoms with Crippen LogP contribution in [0, 0.1) is 0 Å². The third-order valence-corrected chi connectivity index (χ3v) is 3.74. The summed E-state index contributed by atoms with van der Waals surface area (Å²) >= 11 is 0. The Morgan fingerprint density at radius 3 is 2.24 bits per heavy atom. The number of nitrogens with one attached hydrogen (secondary N) is 2. The summed E-state index contributed by atoms with van der Waals surface area (Å²) in [7, 11) is 0. The van der Waals surface area contributed by atoms with Gasteiger partial charge in [-0.3, -0.25) is 15.0 Å². The van der Waals surface area contributed by atoms with Gasteiger partial charge in [0.1, 0.15) is 5.70 Å². The first kappa shape index (κ1) is 16.4. The van der Waals surface area contributed by atoms with Crippen molar-refractivity contribution in [3.63, 3.8) is 0 Å². The second-order valence-corrected chi connectivity index (χ2v) is 5.46. The molecule has 3 rings (SSSR count). The average molecular weight is 331 g/mol. The molecule has 0 heterocycles. The standard InChI is InChI=1S/C20H17N3O2/c21-23-20(25)18(22-19(24)16-7-2-1-3-8-16)13-14-10-11-15-6-4-5-9-17(15)12-14/h1-13H,21H2,(H,22,24)(H,23,25). The highest BCUT2D eigenvalue weighted by atomic mass is 16.2. The van der Waals surface area contributed by atoms with Crippen LogP contribution in [0.15, 0.2) is 78.5 Å². The van der Waals surface area contributed by atoms with Crippen molar-refractivity contribution in [1.29, 1.82) is 0 Å². The molecule has 0 aromatic heterocycles. The number of fused-ring (bicyclic) bond motifs is 1. The summed E-state index contributed by atoms with van der Waals surface area (Å²) in [5.74, 6) is 4.29. The van der Waals surface area contributed by atoms with E-state index in [1.807, 2.05) is 48.5 Å². The second kappa shape index (κ2) is 7.42. The lowest BCUT2D eigenvalue weighted by atomic mass is 10.1. The normalized spacial score (nSPS) is 11.2. The summed E-state index contributed by atoms with van der Waals surface area (Å²) < 4.78 is 0. The van der Waals surface area contributed by atoms with Gasteiger partial charge in [-0.2, -0.15) is 0 Å². The first-order chi connectivity index (χ1) is 12.2. The number of hydrogen-bond acceptors (Lipinski definition) is 3. The molecule has 0 saturated heterocycles. The zero-order chi connectivity index (χ0) is 17.6. The molecule has 0 saturated carbocycles. The number of amides is 2. The van der Waals surface area contributed by atoms with Gasteiger partial charge in [0.2, 0.25) is 0 Å². The Kier molecular flexibility index (Phi) is 4.87. The number of carbonyl (C=O) groups excluding carboxylic acids is 2. The Hall–Kier alpha value is -3.44. The maximum Gasteiger partial charge on any atom is 0.281 e. The molecule has 4 N–H and O–H groups in total. The molecule has 0 atom stereocenters. The molecule has 5 nitrogen and oxygen atoms in total. The molecule has 0 aliphatic heterocycles. The van der Waals surface area contributed by atoms with Crippen LogP contribution < -0.4 is 16.6 Å². The smallest absolute Gasteiger partial charge is 0.281 e. The monoisotopic (exact) mass is 331 g/mol. The van der Waals surface area contributed by atoms with Gasteiger partial charge >= 0.3 is 0 Å². The first-order valence-electron chi connectivity index (χ1n) is 7.75. The Bertz CT molecular complexity index is 949. The minimum atomic E-state index is -0.572. The quantitative estimate of drug-likeness (QED) is 0.297. The Labute approximate surface area is 145 Å². The largest absolute Gasteiger partial charge is 0.317 e. The number of hydrogen-bond donors (Lipinski definition) is 3. The molecule has 2 amide bonds. The SMILES string of the molecule is NNC(=O)C(=Cc1ccc2ccccc2c1)NC(=O)c1ccccc1. The molecule has 3 aromatic carbocycles. The van der Waals surface area contributed by atoms with Gasteiger partial charge in [0.25, 0.3) is 11.8 Å². The maximum atomic E-state index is 12.3. The van der Waals surface area contributed by atoms with Crippen LogP contribution in [0.1, 0.15) is 15.9 Å². The Balaban J connectivity index is 1.92. The number of carbonyl (C=O) groups is 2. The zero-order valence-electron chi connectivity index (χ0n) is 13.4. The highest BCUT2D eigenvalue weighted by molar-refractivity contribution is 6.05. The van der Waals surface area contributed by atoms with Gasteiger partial charge in [0.15, 0.2) is 0 Å². The predicted molar refractivity (Wildman–Crippen MR) is 98.2 cm³/mol. The summed E-state index contributed by atoms with van der Waals surface area (Å²) in [5, 5.41) is 4.75. The lowest BCUT2D eigenvalue weighted by Crippen LogP contribution is -2.38. The van der Waals surface area contributed by atoms with E-state index < -0.39 is 5.91 Å². The minimum absolute atomic E-state index is 0.0756. The average Bonchev–Trinajstić information content (AvgIpc) is 2.67. The second-order valence-electron chi connectivity index (χ2n) is 5.46. The zero-order valence-corrected chi connectivity index (χ0v) is 13.4. The van der Waals surface area contributed by atoms with Gasteiger partial charge in [0.05, 0.1) is 0 Å². The Morgan fingerprint density at radius 2 is 1.52 bits per heavy atom. The third kappa shape index (κ3) is 3.91. The molecule has 0 spiro atoms. The molecule has 0 fully saturated rings. The van der Waals surface area contributed by atoms with Crippen LogP contribution in [0.2, 0.25) is 0 Å². The molecular formula is C20H17N3O2. The van der Waals surface area contributed by atoms with E-state index in [2.05, 4.69) is 10.7 Å². The molecule has 0 radical (unpaired) electrons. The number of nitrogens with two attached hydrogens (primary N) is 1. The first-order valence-corrected chi connectivity index (χ1v) is 7.75. The van der Waals surface area contributed by atoms with Crippen LogP contribution in [0.5, 0.6) is 0 Å². The summed E-state index contributed by atoms with van der Waals surface area (Å²) in [6, 6.07) is 22.3. The van der Waals surface area contributed by atoms with Crippen molar-refractivity contribution in [2.24, 2.45) is 5.84 Å². The highest BCUT2D eigenvalue weighted by Gasteiger charge is 2.13. The highest BCUT2D eigenvalue weighted by Crippen LogP contribution is 2.17. The van der Waals surface area contributed by atoms with Gasteiger partial charge < -0.3 is 5.32 Å². The van der Waals surface area contributed by atoms with Crippen LogP contribution in [0.25, 0.3) is 16.8 Å². The Morgan fingerprint density at radius 1 is 0.840 bits per heavy atom. The van der Waals surface area contributed by atoms with Gasteiger partial charge in [0, 0.05) is 5.56 Å². The molecule has 124 valence electrons. The molecule has 0 unspecified atom stereocenters. The predicted octanol–water partition coefficient (Wildman–Crippen LogP) is 2.60. The van der Waals surface area contributed by atoms with Crippen molar-refractivity contribution >= 4 is 28.7 Å². The third-order valence-electron chi connectivity index (χ3n) is 3.74. The molecule has 0 bridgehead atoms. The van der Waals surface area contributed by atoms with Crippen molar-refractivity contribution < 1.29 is 9.59 Å². The lowest BCUT2D eigenvalue weighted by Gasteiger charge is -2.09. The van der Waals surface area contributed by atoms with E-state index in [1.165, 1.54) is 0 Å². The van der Waals surface area contributed by atoms with Gasteiger partial charge in [-0.25, -0.2) is 5.84 Å². The summed E-state index contributed by atoms with van der Waals surface area (Å²) in [4.78, 5) is 24.3. The fourth-order valence-corrected chi connectivity index (χ4v) is 2.48. The number of rotatable bonds is 4. The summed E-state index contributed by atoms with van der Waals surface area (Å²) in [6.07, 6.45) is 1.59. The fraction of sp³-hybridized carbons (Fsp3) is 0. The van der Waals surface area contributed by atoms with E-state index in [4.69, 9.17) is 5.84 Å². The van der Waals surface area contributed by atoms with Gasteiger partial charge in [-0.15, -0.1) is 0 Å². The minimum Gasteiger partial charge on any atom is -0.317 e. The van der Waals surface area contributed by atoms with E-state index in [-0.39, 0.29) is 11.6 Å². The molecule has 0 aliphatic carbocycles. The van der Waals surface area contributed by atoms with Crippen molar-refractivity contribution in [3.8, 4) is 0 Å². The summed E-state index contributed by atoms with van der Waals surface area (Å²) in [5.41, 5.74) is 3.37. The van der Waals surface area contributed by atoms with E-state index in [1.54, 1.807) is 30.3 Å².